The molecule has 1 aromatic carbocycles. The molecule has 0 heterocycles. The lowest BCUT2D eigenvalue weighted by molar-refractivity contribution is -0.182. The number of amides is 1. The molecular weight excluding hydrogens is 345 g/mol. The molecule has 2 rings (SSSR count). The highest BCUT2D eigenvalue weighted by molar-refractivity contribution is 7.89. The fourth-order valence-electron chi connectivity index (χ4n) is 2.75. The van der Waals surface area contributed by atoms with Gasteiger partial charge in [-0.05, 0) is 49.9 Å². The molecule has 0 atom stereocenters. The summed E-state index contributed by atoms with van der Waals surface area (Å²) in [7, 11) is -3.80. The van der Waals surface area contributed by atoms with Gasteiger partial charge in [-0.3, -0.25) is 4.79 Å². The number of sulfonamides is 1. The summed E-state index contributed by atoms with van der Waals surface area (Å²) < 4.78 is 64.9. The lowest BCUT2D eigenvalue weighted by Gasteiger charge is -2.30. The van der Waals surface area contributed by atoms with Crippen LogP contribution in [-0.4, -0.2) is 26.5 Å². The molecule has 24 heavy (non-hydrogen) atoms. The number of nitrogens with one attached hydrogen (secondary N) is 2. The number of rotatable bonds is 4. The van der Waals surface area contributed by atoms with Crippen LogP contribution in [0.25, 0.3) is 0 Å². The second-order valence-corrected chi connectivity index (χ2v) is 7.63. The van der Waals surface area contributed by atoms with Gasteiger partial charge in [-0.1, -0.05) is 0 Å². The standard InChI is InChI=1S/C15H19F3N2O3S/c1-10(21)19-12-6-8-14(9-7-12)24(22,23)20-13-4-2-11(3-5-13)15(16,17)18/h6-9,11,13,20H,2-5H2,1H3,(H,19,21). The number of benzene rings is 1. The Morgan fingerprint density at radius 1 is 1.08 bits per heavy atom. The van der Waals surface area contributed by atoms with Crippen LogP contribution in [0.5, 0.6) is 0 Å². The number of carbonyl (C=O) groups is 1. The summed E-state index contributed by atoms with van der Waals surface area (Å²) in [5.74, 6) is -1.62. The first-order chi connectivity index (χ1) is 11.1. The molecule has 2 N–H and O–H groups in total. The lowest BCUT2D eigenvalue weighted by Crippen LogP contribution is -2.39. The average molecular weight is 364 g/mol. The molecule has 9 heteroatoms. The topological polar surface area (TPSA) is 75.3 Å². The number of carbonyl (C=O) groups excluding carboxylic acids is 1. The number of alkyl halides is 3. The maximum Gasteiger partial charge on any atom is 0.391 e. The van der Waals surface area contributed by atoms with Crippen molar-refractivity contribution in [2.45, 2.75) is 49.7 Å². The minimum atomic E-state index is -4.22. The smallest absolute Gasteiger partial charge is 0.326 e. The van der Waals surface area contributed by atoms with Crippen LogP contribution in [0.3, 0.4) is 0 Å². The third-order valence-corrected chi connectivity index (χ3v) is 5.53. The molecule has 1 aliphatic rings. The highest BCUT2D eigenvalue weighted by Crippen LogP contribution is 2.37. The number of halogens is 3. The third-order valence-electron chi connectivity index (χ3n) is 4.00. The summed E-state index contributed by atoms with van der Waals surface area (Å²) in [4.78, 5) is 10.9. The highest BCUT2D eigenvalue weighted by Gasteiger charge is 2.41. The zero-order valence-electron chi connectivity index (χ0n) is 13.1. The SMILES string of the molecule is CC(=O)Nc1ccc(S(=O)(=O)NC2CCC(C(F)(F)F)CC2)cc1. The predicted molar refractivity (Wildman–Crippen MR) is 82.9 cm³/mol. The predicted octanol–water partition coefficient (Wildman–Crippen LogP) is 3.04. The van der Waals surface area contributed by atoms with E-state index in [9.17, 15) is 26.4 Å². The summed E-state index contributed by atoms with van der Waals surface area (Å²) in [6.07, 6.45) is -4.04. The normalized spacial score (nSPS) is 22.2. The van der Waals surface area contributed by atoms with Crippen LogP contribution in [0.4, 0.5) is 18.9 Å². The van der Waals surface area contributed by atoms with Gasteiger partial charge in [-0.15, -0.1) is 0 Å². The number of anilines is 1. The van der Waals surface area contributed by atoms with Crippen molar-refractivity contribution < 1.29 is 26.4 Å². The van der Waals surface area contributed by atoms with E-state index >= 15 is 0 Å². The van der Waals surface area contributed by atoms with Gasteiger partial charge >= 0.3 is 6.18 Å². The van der Waals surface area contributed by atoms with Crippen LogP contribution in [0, 0.1) is 5.92 Å². The molecule has 1 fully saturated rings. The Morgan fingerprint density at radius 2 is 1.62 bits per heavy atom. The fourth-order valence-corrected chi connectivity index (χ4v) is 4.05. The lowest BCUT2D eigenvalue weighted by atomic mass is 9.86. The Labute approximate surface area is 138 Å². The Hall–Kier alpha value is -1.61. The van der Waals surface area contributed by atoms with Crippen molar-refractivity contribution in [1.29, 1.82) is 0 Å². The molecule has 0 spiro atoms. The highest BCUT2D eigenvalue weighted by atomic mass is 32.2. The molecule has 0 bridgehead atoms. The van der Waals surface area contributed by atoms with Gasteiger partial charge in [0.25, 0.3) is 0 Å². The maximum atomic E-state index is 12.6. The van der Waals surface area contributed by atoms with Gasteiger partial charge in [0.1, 0.15) is 0 Å². The zero-order chi connectivity index (χ0) is 18.0. The first-order valence-electron chi connectivity index (χ1n) is 7.54. The zero-order valence-corrected chi connectivity index (χ0v) is 13.9. The van der Waals surface area contributed by atoms with Gasteiger partial charge in [-0.25, -0.2) is 13.1 Å². The summed E-state index contributed by atoms with van der Waals surface area (Å²) in [5, 5.41) is 2.52. The van der Waals surface area contributed by atoms with Crippen molar-refractivity contribution in [2.24, 2.45) is 5.92 Å². The second-order valence-electron chi connectivity index (χ2n) is 5.92. The van der Waals surface area contributed by atoms with E-state index < -0.39 is 28.2 Å². The minimum Gasteiger partial charge on any atom is -0.326 e. The van der Waals surface area contributed by atoms with E-state index in [1.165, 1.54) is 31.2 Å². The first-order valence-corrected chi connectivity index (χ1v) is 9.03. The Balaban J connectivity index is 1.98. The summed E-state index contributed by atoms with van der Waals surface area (Å²) in [6, 6.07) is 5.10. The molecule has 0 saturated heterocycles. The van der Waals surface area contributed by atoms with Crippen molar-refractivity contribution in [3.8, 4) is 0 Å². The number of hydrogen-bond acceptors (Lipinski definition) is 3. The van der Waals surface area contributed by atoms with Crippen LogP contribution >= 0.6 is 0 Å². The largest absolute Gasteiger partial charge is 0.391 e. The molecule has 1 amide bonds. The van der Waals surface area contributed by atoms with Gasteiger partial charge < -0.3 is 5.32 Å². The second kappa shape index (κ2) is 7.10. The monoisotopic (exact) mass is 364 g/mol. The third kappa shape index (κ3) is 4.94. The van der Waals surface area contributed by atoms with Gasteiger partial charge in [-0.2, -0.15) is 13.2 Å². The van der Waals surface area contributed by atoms with E-state index in [-0.39, 0.29) is 36.5 Å². The van der Waals surface area contributed by atoms with Crippen LogP contribution in [0.2, 0.25) is 0 Å². The van der Waals surface area contributed by atoms with E-state index in [2.05, 4.69) is 10.0 Å². The Morgan fingerprint density at radius 3 is 2.08 bits per heavy atom. The van der Waals surface area contributed by atoms with Crippen molar-refractivity contribution in [2.75, 3.05) is 5.32 Å². The Bertz CT molecular complexity index is 679. The fraction of sp³-hybridized carbons (Fsp3) is 0.533. The molecule has 1 aliphatic carbocycles. The minimum absolute atomic E-state index is 0.00884. The maximum absolute atomic E-state index is 12.6. The molecule has 0 aromatic heterocycles. The van der Waals surface area contributed by atoms with Crippen LogP contribution in [0.15, 0.2) is 29.2 Å². The van der Waals surface area contributed by atoms with E-state index in [0.717, 1.165) is 0 Å². The quantitative estimate of drug-likeness (QED) is 0.862. The van der Waals surface area contributed by atoms with Gasteiger partial charge in [0.15, 0.2) is 0 Å². The van der Waals surface area contributed by atoms with Gasteiger partial charge in [0.05, 0.1) is 10.8 Å². The molecule has 0 aliphatic heterocycles. The van der Waals surface area contributed by atoms with E-state index in [0.29, 0.717) is 5.69 Å². The number of hydrogen-bond donors (Lipinski definition) is 2. The van der Waals surface area contributed by atoms with Crippen molar-refractivity contribution in [1.82, 2.24) is 4.72 Å². The van der Waals surface area contributed by atoms with Crippen LogP contribution in [0.1, 0.15) is 32.6 Å². The molecule has 5 nitrogen and oxygen atoms in total. The molecular formula is C15H19F3N2O3S. The van der Waals surface area contributed by atoms with Crippen LogP contribution in [-0.2, 0) is 14.8 Å². The van der Waals surface area contributed by atoms with E-state index in [1.807, 2.05) is 0 Å². The summed E-state index contributed by atoms with van der Waals surface area (Å²) >= 11 is 0. The van der Waals surface area contributed by atoms with Crippen LogP contribution < -0.4 is 10.0 Å². The van der Waals surface area contributed by atoms with Gasteiger partial charge in [0.2, 0.25) is 15.9 Å². The molecule has 0 radical (unpaired) electrons. The average Bonchev–Trinajstić information content (AvgIpc) is 2.46. The van der Waals surface area contributed by atoms with E-state index in [1.54, 1.807) is 0 Å². The molecule has 1 aromatic rings. The molecule has 1 saturated carbocycles. The van der Waals surface area contributed by atoms with Gasteiger partial charge in [0, 0.05) is 18.7 Å². The summed E-state index contributed by atoms with van der Waals surface area (Å²) in [5.41, 5.74) is 0.465. The van der Waals surface area contributed by atoms with Crippen molar-refractivity contribution in [3.05, 3.63) is 24.3 Å². The van der Waals surface area contributed by atoms with Crippen molar-refractivity contribution >= 4 is 21.6 Å². The van der Waals surface area contributed by atoms with E-state index in [4.69, 9.17) is 0 Å². The first kappa shape index (κ1) is 18.7. The molecule has 0 unspecified atom stereocenters. The van der Waals surface area contributed by atoms with Crippen molar-refractivity contribution in [3.63, 3.8) is 0 Å². The summed E-state index contributed by atoms with van der Waals surface area (Å²) in [6.45, 7) is 1.34. The Kier molecular flexibility index (Phi) is 5.54. The molecule has 134 valence electrons.